The Morgan fingerprint density at radius 1 is 1.55 bits per heavy atom. The van der Waals surface area contributed by atoms with E-state index in [9.17, 15) is 0 Å². The van der Waals surface area contributed by atoms with Crippen LogP contribution in [-0.4, -0.2) is 0 Å². The van der Waals surface area contributed by atoms with Crippen LogP contribution in [0.2, 0.25) is 0 Å². The van der Waals surface area contributed by atoms with Crippen LogP contribution in [0.5, 0.6) is 0 Å². The molecule has 0 unspecified atom stereocenters. The lowest BCUT2D eigenvalue weighted by Crippen LogP contribution is -1.78. The first-order valence-electron chi connectivity index (χ1n) is 4.09. The Morgan fingerprint density at radius 2 is 2.36 bits per heavy atom. The zero-order chi connectivity index (χ0) is 7.84. The molecule has 0 N–H and O–H groups in total. The number of furan rings is 1. The van der Waals surface area contributed by atoms with E-state index in [1.807, 2.05) is 6.92 Å². The minimum atomic E-state index is 0.728. The Kier molecular flexibility index (Phi) is 1.38. The molecule has 0 fully saturated rings. The van der Waals surface area contributed by atoms with E-state index in [2.05, 4.69) is 19.1 Å². The smallest absolute Gasteiger partial charge is 0.108 e. The Labute approximate surface area is 66.7 Å². The van der Waals surface area contributed by atoms with Gasteiger partial charge in [0, 0.05) is 11.5 Å². The van der Waals surface area contributed by atoms with E-state index in [1.54, 1.807) is 6.26 Å². The molecule has 0 amide bonds. The van der Waals surface area contributed by atoms with E-state index in [0.29, 0.717) is 0 Å². The molecule has 1 atom stereocenters. The van der Waals surface area contributed by atoms with Crippen LogP contribution >= 0.6 is 0 Å². The summed E-state index contributed by atoms with van der Waals surface area (Å²) in [6, 6.07) is 2.05. The first-order chi connectivity index (χ1) is 5.33. The minimum absolute atomic E-state index is 0.728. The maximum absolute atomic E-state index is 5.22. The fraction of sp³-hybridized carbons (Fsp3) is 0.400. The lowest BCUT2D eigenvalue weighted by molar-refractivity contribution is 0.533. The largest absolute Gasteiger partial charge is 0.469 e. The lowest BCUT2D eigenvalue weighted by Gasteiger charge is -1.93. The van der Waals surface area contributed by atoms with Crippen molar-refractivity contribution in [2.45, 2.75) is 20.3 Å². The van der Waals surface area contributed by atoms with Gasteiger partial charge < -0.3 is 4.42 Å². The lowest BCUT2D eigenvalue weighted by atomic mass is 10.1. The van der Waals surface area contributed by atoms with Crippen LogP contribution in [0.4, 0.5) is 0 Å². The Bertz CT molecular complexity index is 294. The summed E-state index contributed by atoms with van der Waals surface area (Å²) in [5.41, 5.74) is 2.77. The average Bonchev–Trinajstić information content (AvgIpc) is 2.68. The second-order valence-electron chi connectivity index (χ2n) is 3.03. The van der Waals surface area contributed by atoms with Crippen LogP contribution in [0, 0.1) is 12.8 Å². The molecule has 1 aromatic rings. The predicted octanol–water partition coefficient (Wildman–Crippen LogP) is 3.01. The maximum Gasteiger partial charge on any atom is 0.108 e. The quantitative estimate of drug-likeness (QED) is 0.628. The summed E-state index contributed by atoms with van der Waals surface area (Å²) in [5.74, 6) is 1.78. The van der Waals surface area contributed by atoms with E-state index in [4.69, 9.17) is 4.42 Å². The van der Waals surface area contributed by atoms with Crippen LogP contribution in [0.3, 0.4) is 0 Å². The third-order valence-electron chi connectivity index (χ3n) is 2.28. The van der Waals surface area contributed by atoms with E-state index in [1.165, 1.54) is 17.6 Å². The summed E-state index contributed by atoms with van der Waals surface area (Å²) in [7, 11) is 0. The van der Waals surface area contributed by atoms with E-state index in [0.717, 1.165) is 11.7 Å². The molecule has 0 saturated heterocycles. The fourth-order valence-electron chi connectivity index (χ4n) is 1.48. The molecule has 11 heavy (non-hydrogen) atoms. The van der Waals surface area contributed by atoms with E-state index >= 15 is 0 Å². The van der Waals surface area contributed by atoms with Crippen molar-refractivity contribution in [1.82, 2.24) is 0 Å². The summed E-state index contributed by atoms with van der Waals surface area (Å²) >= 11 is 0. The minimum Gasteiger partial charge on any atom is -0.469 e. The molecule has 0 saturated carbocycles. The highest BCUT2D eigenvalue weighted by Gasteiger charge is 2.25. The molecular formula is C10H12O. The molecule has 1 heterocycles. The normalized spacial score (nSPS) is 21.6. The summed E-state index contributed by atoms with van der Waals surface area (Å²) < 4.78 is 5.22. The van der Waals surface area contributed by atoms with Crippen molar-refractivity contribution in [3.05, 3.63) is 29.7 Å². The fourth-order valence-corrected chi connectivity index (χ4v) is 1.48. The molecule has 1 aliphatic carbocycles. The SMILES string of the molecule is CC[C@@H]1C=C1c1ccoc1C. The number of rotatable bonds is 2. The van der Waals surface area contributed by atoms with Crippen LogP contribution in [0.1, 0.15) is 24.7 Å². The zero-order valence-corrected chi connectivity index (χ0v) is 6.92. The van der Waals surface area contributed by atoms with Crippen molar-refractivity contribution in [1.29, 1.82) is 0 Å². The third-order valence-corrected chi connectivity index (χ3v) is 2.28. The van der Waals surface area contributed by atoms with Crippen LogP contribution in [0.15, 0.2) is 22.8 Å². The third kappa shape index (κ3) is 1.01. The zero-order valence-electron chi connectivity index (χ0n) is 6.92. The summed E-state index contributed by atoms with van der Waals surface area (Å²) in [6.07, 6.45) is 5.29. The summed E-state index contributed by atoms with van der Waals surface area (Å²) in [5, 5.41) is 0. The van der Waals surface area contributed by atoms with Crippen molar-refractivity contribution in [3.8, 4) is 0 Å². The average molecular weight is 148 g/mol. The Morgan fingerprint density at radius 3 is 2.82 bits per heavy atom. The number of hydrogen-bond acceptors (Lipinski definition) is 1. The number of aryl methyl sites for hydroxylation is 1. The van der Waals surface area contributed by atoms with Crippen LogP contribution < -0.4 is 0 Å². The highest BCUT2D eigenvalue weighted by molar-refractivity contribution is 5.81. The van der Waals surface area contributed by atoms with E-state index in [-0.39, 0.29) is 0 Å². The summed E-state index contributed by atoms with van der Waals surface area (Å²) in [6.45, 7) is 4.23. The van der Waals surface area contributed by atoms with Gasteiger partial charge in [-0.2, -0.15) is 0 Å². The molecule has 1 heteroatoms. The van der Waals surface area contributed by atoms with Gasteiger partial charge in [0.15, 0.2) is 0 Å². The first kappa shape index (κ1) is 6.71. The van der Waals surface area contributed by atoms with Gasteiger partial charge in [0.2, 0.25) is 0 Å². The molecule has 1 nitrogen and oxygen atoms in total. The molecule has 1 aliphatic rings. The van der Waals surface area contributed by atoms with Crippen LogP contribution in [0.25, 0.3) is 5.57 Å². The number of allylic oxidation sites excluding steroid dienone is 2. The monoisotopic (exact) mass is 148 g/mol. The van der Waals surface area contributed by atoms with E-state index < -0.39 is 0 Å². The highest BCUT2D eigenvalue weighted by Crippen LogP contribution is 2.41. The molecule has 58 valence electrons. The molecule has 0 aliphatic heterocycles. The molecule has 0 aromatic carbocycles. The second-order valence-corrected chi connectivity index (χ2v) is 3.03. The van der Waals surface area contributed by atoms with Gasteiger partial charge in [0.1, 0.15) is 5.76 Å². The van der Waals surface area contributed by atoms with Gasteiger partial charge in [0.05, 0.1) is 6.26 Å². The van der Waals surface area contributed by atoms with Gasteiger partial charge in [-0.25, -0.2) is 0 Å². The summed E-state index contributed by atoms with van der Waals surface area (Å²) in [4.78, 5) is 0. The topological polar surface area (TPSA) is 13.1 Å². The van der Waals surface area contributed by atoms with Gasteiger partial charge in [0.25, 0.3) is 0 Å². The van der Waals surface area contributed by atoms with Gasteiger partial charge in [-0.15, -0.1) is 0 Å². The highest BCUT2D eigenvalue weighted by atomic mass is 16.3. The van der Waals surface area contributed by atoms with Gasteiger partial charge in [-0.05, 0) is 25.0 Å². The molecule has 1 aromatic heterocycles. The van der Waals surface area contributed by atoms with Crippen molar-refractivity contribution in [2.24, 2.45) is 5.92 Å². The molecule has 2 rings (SSSR count). The maximum atomic E-state index is 5.22. The van der Waals surface area contributed by atoms with Crippen LogP contribution in [-0.2, 0) is 0 Å². The first-order valence-corrected chi connectivity index (χ1v) is 4.09. The standard InChI is InChI=1S/C10H12O/c1-3-8-6-10(8)9-4-5-11-7(9)2/h4-6,8H,3H2,1-2H3/t8-/m1/s1. The van der Waals surface area contributed by atoms with Crippen molar-refractivity contribution < 1.29 is 4.42 Å². The predicted molar refractivity (Wildman–Crippen MR) is 45.2 cm³/mol. The Hall–Kier alpha value is -0.980. The van der Waals surface area contributed by atoms with Crippen molar-refractivity contribution >= 4 is 5.57 Å². The molecular weight excluding hydrogens is 136 g/mol. The molecule has 0 radical (unpaired) electrons. The van der Waals surface area contributed by atoms with Gasteiger partial charge in [-0.1, -0.05) is 13.0 Å². The molecule has 0 spiro atoms. The van der Waals surface area contributed by atoms with Crippen molar-refractivity contribution in [3.63, 3.8) is 0 Å². The second kappa shape index (κ2) is 2.26. The molecule has 0 bridgehead atoms. The Balaban J connectivity index is 2.20. The van der Waals surface area contributed by atoms with Crippen molar-refractivity contribution in [2.75, 3.05) is 0 Å². The van der Waals surface area contributed by atoms with Gasteiger partial charge in [-0.3, -0.25) is 0 Å². The van der Waals surface area contributed by atoms with Gasteiger partial charge >= 0.3 is 0 Å². The number of hydrogen-bond donors (Lipinski definition) is 0.